The number of likely N-dealkylation sites (N-methyl/N-ethyl adjacent to an activating group) is 1. The first-order chi connectivity index (χ1) is 11.9. The minimum atomic E-state index is -0.314. The molecular formula is C18H14ClFN2O2S. The summed E-state index contributed by atoms with van der Waals surface area (Å²) in [6.07, 6.45) is 1.67. The maximum Gasteiger partial charge on any atom is 0.276 e. The van der Waals surface area contributed by atoms with Gasteiger partial charge in [-0.05, 0) is 53.7 Å². The Morgan fingerprint density at radius 1 is 1.32 bits per heavy atom. The average Bonchev–Trinajstić information content (AvgIpc) is 2.81. The van der Waals surface area contributed by atoms with E-state index in [2.05, 4.69) is 5.32 Å². The molecule has 0 bridgehead atoms. The number of nitrogens with one attached hydrogen (secondary N) is 1. The van der Waals surface area contributed by atoms with Crippen molar-refractivity contribution in [1.29, 1.82) is 0 Å². The third-order valence-corrected chi connectivity index (χ3v) is 4.30. The van der Waals surface area contributed by atoms with Gasteiger partial charge in [-0.15, -0.1) is 0 Å². The Kier molecular flexibility index (Phi) is 5.01. The van der Waals surface area contributed by atoms with Crippen LogP contribution in [-0.4, -0.2) is 23.0 Å². The van der Waals surface area contributed by atoms with Crippen LogP contribution in [0, 0.1) is 5.82 Å². The van der Waals surface area contributed by atoms with E-state index in [4.69, 9.17) is 28.6 Å². The third-order valence-electron chi connectivity index (χ3n) is 3.63. The molecule has 1 N–H and O–H groups in total. The van der Waals surface area contributed by atoms with Crippen molar-refractivity contribution >= 4 is 40.9 Å². The van der Waals surface area contributed by atoms with Gasteiger partial charge in [-0.2, -0.15) is 0 Å². The van der Waals surface area contributed by atoms with E-state index in [1.165, 1.54) is 17.0 Å². The first-order valence-corrected chi connectivity index (χ1v) is 8.20. The van der Waals surface area contributed by atoms with E-state index in [0.29, 0.717) is 27.1 Å². The molecule has 0 spiro atoms. The maximum atomic E-state index is 13.2. The molecule has 2 aromatic carbocycles. The summed E-state index contributed by atoms with van der Waals surface area (Å²) < 4.78 is 18.8. The molecule has 0 unspecified atom stereocenters. The molecule has 2 aromatic rings. The Hall–Kier alpha value is -2.44. The van der Waals surface area contributed by atoms with Gasteiger partial charge in [0.15, 0.2) is 5.11 Å². The molecule has 0 atom stereocenters. The highest BCUT2D eigenvalue weighted by molar-refractivity contribution is 7.80. The smallest absolute Gasteiger partial charge is 0.276 e. The number of carbonyl (C=O) groups is 1. The number of hydrogen-bond acceptors (Lipinski definition) is 3. The van der Waals surface area contributed by atoms with Crippen LogP contribution in [0.3, 0.4) is 0 Å². The zero-order valence-corrected chi connectivity index (χ0v) is 14.8. The zero-order valence-electron chi connectivity index (χ0n) is 13.3. The van der Waals surface area contributed by atoms with Crippen molar-refractivity contribution < 1.29 is 13.9 Å². The number of benzene rings is 2. The van der Waals surface area contributed by atoms with Crippen LogP contribution in [0.25, 0.3) is 6.08 Å². The van der Waals surface area contributed by atoms with E-state index < -0.39 is 0 Å². The highest BCUT2D eigenvalue weighted by Crippen LogP contribution is 2.27. The average molecular weight is 377 g/mol. The van der Waals surface area contributed by atoms with Crippen LogP contribution >= 0.6 is 23.8 Å². The van der Waals surface area contributed by atoms with Gasteiger partial charge in [0.1, 0.15) is 23.9 Å². The third kappa shape index (κ3) is 3.97. The molecular weight excluding hydrogens is 363 g/mol. The molecule has 1 saturated heterocycles. The maximum absolute atomic E-state index is 13.2. The molecule has 25 heavy (non-hydrogen) atoms. The second kappa shape index (κ2) is 7.21. The number of hydrogen-bond donors (Lipinski definition) is 1. The van der Waals surface area contributed by atoms with Crippen molar-refractivity contribution in [2.45, 2.75) is 6.61 Å². The molecule has 3 rings (SSSR count). The number of ether oxygens (including phenoxy) is 1. The molecule has 128 valence electrons. The number of thiocarbonyl (C=S) groups is 1. The fraction of sp³-hybridized carbons (Fsp3) is 0.111. The van der Waals surface area contributed by atoms with Crippen LogP contribution in [0.4, 0.5) is 4.39 Å². The minimum Gasteiger partial charge on any atom is -0.487 e. The van der Waals surface area contributed by atoms with Crippen LogP contribution in [0.5, 0.6) is 5.75 Å². The summed E-state index contributed by atoms with van der Waals surface area (Å²) in [7, 11) is 1.61. The van der Waals surface area contributed by atoms with E-state index >= 15 is 0 Å². The summed E-state index contributed by atoms with van der Waals surface area (Å²) >= 11 is 11.3. The molecule has 0 aliphatic carbocycles. The number of carbonyl (C=O) groups excluding carboxylic acids is 1. The van der Waals surface area contributed by atoms with Crippen molar-refractivity contribution in [3.8, 4) is 5.75 Å². The first kappa shape index (κ1) is 17.4. The van der Waals surface area contributed by atoms with Crippen LogP contribution in [-0.2, 0) is 11.4 Å². The molecule has 0 aromatic heterocycles. The van der Waals surface area contributed by atoms with Crippen LogP contribution < -0.4 is 10.1 Å². The largest absolute Gasteiger partial charge is 0.487 e. The van der Waals surface area contributed by atoms with Crippen molar-refractivity contribution in [2.24, 2.45) is 0 Å². The van der Waals surface area contributed by atoms with Crippen molar-refractivity contribution in [2.75, 3.05) is 7.05 Å². The second-order valence-corrected chi connectivity index (χ2v) is 6.25. The van der Waals surface area contributed by atoms with Gasteiger partial charge in [0.05, 0.1) is 5.02 Å². The molecule has 1 aliphatic rings. The van der Waals surface area contributed by atoms with Gasteiger partial charge in [0, 0.05) is 7.05 Å². The van der Waals surface area contributed by atoms with Gasteiger partial charge >= 0.3 is 0 Å². The van der Waals surface area contributed by atoms with E-state index in [9.17, 15) is 9.18 Å². The highest BCUT2D eigenvalue weighted by Gasteiger charge is 2.26. The summed E-state index contributed by atoms with van der Waals surface area (Å²) in [5.41, 5.74) is 1.83. The lowest BCUT2D eigenvalue weighted by molar-refractivity contribution is -0.121. The summed E-state index contributed by atoms with van der Waals surface area (Å²) in [4.78, 5) is 13.3. The molecule has 1 amide bonds. The monoisotopic (exact) mass is 376 g/mol. The number of nitrogens with zero attached hydrogens (tertiary/aromatic N) is 1. The summed E-state index contributed by atoms with van der Waals surface area (Å²) in [5.74, 6) is -0.0373. The van der Waals surface area contributed by atoms with E-state index in [1.54, 1.807) is 43.5 Å². The van der Waals surface area contributed by atoms with E-state index in [-0.39, 0.29) is 18.3 Å². The van der Waals surface area contributed by atoms with Gasteiger partial charge in [-0.25, -0.2) is 4.39 Å². The number of amides is 1. The van der Waals surface area contributed by atoms with Gasteiger partial charge in [0.25, 0.3) is 5.91 Å². The molecule has 0 radical (unpaired) electrons. The predicted octanol–water partition coefficient (Wildman–Crippen LogP) is 3.75. The first-order valence-electron chi connectivity index (χ1n) is 7.41. The van der Waals surface area contributed by atoms with Crippen molar-refractivity contribution in [1.82, 2.24) is 10.2 Å². The Morgan fingerprint density at radius 3 is 2.76 bits per heavy atom. The molecule has 1 aliphatic heterocycles. The zero-order chi connectivity index (χ0) is 18.0. The van der Waals surface area contributed by atoms with Gasteiger partial charge in [-0.1, -0.05) is 29.8 Å². The Labute approximate surface area is 154 Å². The molecule has 7 heteroatoms. The fourth-order valence-corrected chi connectivity index (χ4v) is 2.74. The Morgan fingerprint density at radius 2 is 2.12 bits per heavy atom. The highest BCUT2D eigenvalue weighted by atomic mass is 35.5. The minimum absolute atomic E-state index is 0.201. The molecule has 4 nitrogen and oxygen atoms in total. The van der Waals surface area contributed by atoms with Crippen molar-refractivity contribution in [3.05, 3.63) is 70.1 Å². The molecule has 0 saturated carbocycles. The SMILES string of the molecule is CN1C(=O)/C(=C/c2ccc(OCc3cccc(F)c3)c(Cl)c2)NC1=S. The van der Waals surface area contributed by atoms with E-state index in [0.717, 1.165) is 5.56 Å². The van der Waals surface area contributed by atoms with Gasteiger partial charge in [0.2, 0.25) is 0 Å². The summed E-state index contributed by atoms with van der Waals surface area (Å²) in [6.45, 7) is 0.205. The number of halogens is 2. The predicted molar refractivity (Wildman–Crippen MR) is 98.7 cm³/mol. The van der Waals surface area contributed by atoms with E-state index in [1.807, 2.05) is 0 Å². The van der Waals surface area contributed by atoms with Gasteiger partial charge < -0.3 is 10.1 Å². The number of rotatable bonds is 4. The Balaban J connectivity index is 1.73. The lowest BCUT2D eigenvalue weighted by Crippen LogP contribution is -2.25. The van der Waals surface area contributed by atoms with Crippen LogP contribution in [0.15, 0.2) is 48.2 Å². The molecule has 1 heterocycles. The quantitative estimate of drug-likeness (QED) is 0.652. The normalized spacial score (nSPS) is 15.6. The van der Waals surface area contributed by atoms with Crippen molar-refractivity contribution in [3.63, 3.8) is 0 Å². The van der Waals surface area contributed by atoms with Gasteiger partial charge in [-0.3, -0.25) is 9.69 Å². The summed E-state index contributed by atoms with van der Waals surface area (Å²) in [5, 5.41) is 3.60. The van der Waals surface area contributed by atoms with Crippen LogP contribution in [0.1, 0.15) is 11.1 Å². The summed E-state index contributed by atoms with van der Waals surface area (Å²) in [6, 6.07) is 11.3. The topological polar surface area (TPSA) is 41.6 Å². The lowest BCUT2D eigenvalue weighted by Gasteiger charge is -2.09. The standard InChI is InChI=1S/C18H14ClFN2O2S/c1-22-17(23)15(21-18(22)25)9-11-5-6-16(14(19)8-11)24-10-12-3-2-4-13(20)7-12/h2-9H,10H2,1H3,(H,21,25)/b15-9-. The fourth-order valence-electron chi connectivity index (χ4n) is 2.30. The second-order valence-electron chi connectivity index (χ2n) is 5.46. The Bertz CT molecular complexity index is 885. The lowest BCUT2D eigenvalue weighted by atomic mass is 10.2. The van der Waals surface area contributed by atoms with Crippen LogP contribution in [0.2, 0.25) is 5.02 Å². The molecule has 1 fully saturated rings.